The molecule has 0 atom stereocenters. The van der Waals surface area contributed by atoms with Crippen molar-refractivity contribution < 1.29 is 4.39 Å². The molecule has 0 radical (unpaired) electrons. The first-order valence-electron chi connectivity index (χ1n) is 6.48. The Morgan fingerprint density at radius 1 is 1.32 bits per heavy atom. The second kappa shape index (κ2) is 6.35. The van der Waals surface area contributed by atoms with Crippen LogP contribution in [0.25, 0.3) is 11.0 Å². The molecule has 1 aromatic carbocycles. The number of aryl methyl sites for hydroxylation is 1. The average Bonchev–Trinajstić information content (AvgIpc) is 2.74. The van der Waals surface area contributed by atoms with E-state index in [0.717, 1.165) is 37.3 Å². The van der Waals surface area contributed by atoms with E-state index in [-0.39, 0.29) is 5.82 Å². The maximum atomic E-state index is 13.7. The lowest BCUT2D eigenvalue weighted by atomic mass is 10.2. The lowest BCUT2D eigenvalue weighted by molar-refractivity contribution is 0.388. The van der Waals surface area contributed by atoms with E-state index in [9.17, 15) is 4.39 Å². The first kappa shape index (κ1) is 14.3. The van der Waals surface area contributed by atoms with Gasteiger partial charge in [-0.1, -0.05) is 6.07 Å². The number of para-hydroxylation sites is 1. The fraction of sp³-hybridized carbons (Fsp3) is 0.500. The van der Waals surface area contributed by atoms with E-state index in [1.165, 1.54) is 6.07 Å². The van der Waals surface area contributed by atoms with E-state index in [0.29, 0.717) is 11.4 Å². The first-order valence-corrected chi connectivity index (χ1v) is 7.01. The normalized spacial score (nSPS) is 11.6. The Bertz CT molecular complexity index is 551. The van der Waals surface area contributed by atoms with Crippen LogP contribution < -0.4 is 0 Å². The fourth-order valence-electron chi connectivity index (χ4n) is 2.21. The Kier molecular flexibility index (Phi) is 4.77. The molecule has 3 nitrogen and oxygen atoms in total. The van der Waals surface area contributed by atoms with Crippen LogP contribution in [-0.4, -0.2) is 35.1 Å². The van der Waals surface area contributed by atoms with E-state index in [4.69, 9.17) is 11.6 Å². The molecule has 0 fully saturated rings. The number of rotatable bonds is 6. The summed E-state index contributed by atoms with van der Waals surface area (Å²) in [6.07, 6.45) is 2.13. The molecule has 0 aliphatic heterocycles. The van der Waals surface area contributed by atoms with Gasteiger partial charge in [0.1, 0.15) is 11.3 Å². The Labute approximate surface area is 118 Å². The van der Waals surface area contributed by atoms with Crippen molar-refractivity contribution in [1.82, 2.24) is 14.5 Å². The van der Waals surface area contributed by atoms with Crippen LogP contribution in [0.3, 0.4) is 0 Å². The molecule has 0 amide bonds. The number of hydrogen-bond acceptors (Lipinski definition) is 2. The van der Waals surface area contributed by atoms with Gasteiger partial charge in [0.2, 0.25) is 0 Å². The minimum absolute atomic E-state index is 0.282. The van der Waals surface area contributed by atoms with Crippen molar-refractivity contribution in [2.24, 2.45) is 0 Å². The third-order valence-electron chi connectivity index (χ3n) is 3.17. The smallest absolute Gasteiger partial charge is 0.151 e. The molecule has 0 unspecified atom stereocenters. The molecule has 5 heteroatoms. The van der Waals surface area contributed by atoms with Gasteiger partial charge in [-0.25, -0.2) is 9.37 Å². The highest BCUT2D eigenvalue weighted by atomic mass is 35.5. The predicted octanol–water partition coefficient (Wildman–Crippen LogP) is 3.26. The van der Waals surface area contributed by atoms with E-state index < -0.39 is 0 Å². The van der Waals surface area contributed by atoms with Crippen molar-refractivity contribution in [2.45, 2.75) is 25.3 Å². The van der Waals surface area contributed by atoms with Crippen molar-refractivity contribution in [3.8, 4) is 0 Å². The molecule has 1 heterocycles. The van der Waals surface area contributed by atoms with Crippen LogP contribution in [0, 0.1) is 5.82 Å². The van der Waals surface area contributed by atoms with Gasteiger partial charge < -0.3 is 9.47 Å². The van der Waals surface area contributed by atoms with Gasteiger partial charge in [-0.15, -0.1) is 11.6 Å². The highest BCUT2D eigenvalue weighted by Crippen LogP contribution is 2.20. The lowest BCUT2D eigenvalue weighted by Gasteiger charge is -2.11. The van der Waals surface area contributed by atoms with Crippen molar-refractivity contribution in [2.75, 3.05) is 20.6 Å². The minimum atomic E-state index is -0.282. The predicted molar refractivity (Wildman–Crippen MR) is 77.0 cm³/mol. The van der Waals surface area contributed by atoms with Gasteiger partial charge in [0.15, 0.2) is 5.82 Å². The van der Waals surface area contributed by atoms with E-state index in [2.05, 4.69) is 24.0 Å². The summed E-state index contributed by atoms with van der Waals surface area (Å²) < 4.78 is 15.7. The number of aromatic nitrogens is 2. The molecular weight excluding hydrogens is 265 g/mol. The zero-order chi connectivity index (χ0) is 13.8. The highest BCUT2D eigenvalue weighted by molar-refractivity contribution is 6.16. The van der Waals surface area contributed by atoms with Gasteiger partial charge >= 0.3 is 0 Å². The van der Waals surface area contributed by atoms with Crippen LogP contribution in [-0.2, 0) is 12.4 Å². The van der Waals surface area contributed by atoms with Crippen LogP contribution in [0.1, 0.15) is 18.7 Å². The zero-order valence-corrected chi connectivity index (χ0v) is 12.1. The monoisotopic (exact) mass is 283 g/mol. The highest BCUT2D eigenvalue weighted by Gasteiger charge is 2.12. The largest absolute Gasteiger partial charge is 0.327 e. The maximum absolute atomic E-state index is 13.7. The molecule has 0 bridgehead atoms. The SMILES string of the molecule is CN(C)CCCCn1c(CCl)nc2c(F)cccc21. The summed E-state index contributed by atoms with van der Waals surface area (Å²) in [6.45, 7) is 1.88. The summed E-state index contributed by atoms with van der Waals surface area (Å²) in [5.41, 5.74) is 1.26. The number of fused-ring (bicyclic) bond motifs is 1. The summed E-state index contributed by atoms with van der Waals surface area (Å²) in [6, 6.07) is 5.05. The summed E-state index contributed by atoms with van der Waals surface area (Å²) in [5.74, 6) is 0.768. The topological polar surface area (TPSA) is 21.1 Å². The standard InChI is InChI=1S/C14H19ClFN3/c1-18(2)8-3-4-9-19-12-7-5-6-11(16)14(12)17-13(19)10-15/h5-7H,3-4,8-10H2,1-2H3. The minimum Gasteiger partial charge on any atom is -0.327 e. The quantitative estimate of drug-likeness (QED) is 0.599. The molecule has 19 heavy (non-hydrogen) atoms. The Morgan fingerprint density at radius 3 is 2.79 bits per heavy atom. The number of hydrogen-bond donors (Lipinski definition) is 0. The molecule has 2 aromatic rings. The average molecular weight is 284 g/mol. The van der Waals surface area contributed by atoms with Gasteiger partial charge in [-0.05, 0) is 45.6 Å². The summed E-state index contributed by atoms with van der Waals surface area (Å²) >= 11 is 5.91. The third kappa shape index (κ3) is 3.25. The molecule has 0 aliphatic rings. The zero-order valence-electron chi connectivity index (χ0n) is 11.4. The van der Waals surface area contributed by atoms with Crippen LogP contribution >= 0.6 is 11.6 Å². The fourth-order valence-corrected chi connectivity index (χ4v) is 2.41. The van der Waals surface area contributed by atoms with Gasteiger partial charge in [-0.3, -0.25) is 0 Å². The van der Waals surface area contributed by atoms with E-state index >= 15 is 0 Å². The third-order valence-corrected chi connectivity index (χ3v) is 3.40. The molecule has 2 rings (SSSR count). The van der Waals surface area contributed by atoms with Crippen LogP contribution in [0.4, 0.5) is 4.39 Å². The van der Waals surface area contributed by atoms with Crippen molar-refractivity contribution >= 4 is 22.6 Å². The molecule has 0 spiro atoms. The van der Waals surface area contributed by atoms with Crippen LogP contribution in [0.2, 0.25) is 0 Å². The molecule has 1 aromatic heterocycles. The lowest BCUT2D eigenvalue weighted by Crippen LogP contribution is -2.13. The molecule has 104 valence electrons. The number of unbranched alkanes of at least 4 members (excludes halogenated alkanes) is 1. The van der Waals surface area contributed by atoms with Crippen molar-refractivity contribution in [3.63, 3.8) is 0 Å². The Balaban J connectivity index is 2.18. The number of nitrogens with zero attached hydrogens (tertiary/aromatic N) is 3. The summed E-state index contributed by atoms with van der Waals surface area (Å²) in [7, 11) is 4.12. The number of halogens is 2. The number of alkyl halides is 1. The van der Waals surface area contributed by atoms with E-state index in [1.807, 2.05) is 10.6 Å². The van der Waals surface area contributed by atoms with Gasteiger partial charge in [0.05, 0.1) is 11.4 Å². The van der Waals surface area contributed by atoms with Crippen molar-refractivity contribution in [1.29, 1.82) is 0 Å². The Hall–Kier alpha value is -1.13. The molecule has 0 saturated heterocycles. The summed E-state index contributed by atoms with van der Waals surface area (Å²) in [4.78, 5) is 6.45. The van der Waals surface area contributed by atoms with E-state index in [1.54, 1.807) is 6.07 Å². The van der Waals surface area contributed by atoms with Crippen LogP contribution in [0.15, 0.2) is 18.2 Å². The second-order valence-electron chi connectivity index (χ2n) is 4.93. The summed E-state index contributed by atoms with van der Waals surface area (Å²) in [5, 5.41) is 0. The molecule has 0 N–H and O–H groups in total. The first-order chi connectivity index (χ1) is 9.13. The molecule has 0 aliphatic carbocycles. The van der Waals surface area contributed by atoms with Crippen molar-refractivity contribution in [3.05, 3.63) is 29.8 Å². The van der Waals surface area contributed by atoms with Gasteiger partial charge in [0, 0.05) is 6.54 Å². The maximum Gasteiger partial charge on any atom is 0.151 e. The van der Waals surface area contributed by atoms with Gasteiger partial charge in [-0.2, -0.15) is 0 Å². The Morgan fingerprint density at radius 2 is 2.11 bits per heavy atom. The number of benzene rings is 1. The molecule has 0 saturated carbocycles. The number of imidazole rings is 1. The molecular formula is C14H19ClFN3. The second-order valence-corrected chi connectivity index (χ2v) is 5.20. The van der Waals surface area contributed by atoms with Crippen LogP contribution in [0.5, 0.6) is 0 Å². The van der Waals surface area contributed by atoms with Gasteiger partial charge in [0.25, 0.3) is 0 Å².